The second-order valence-corrected chi connectivity index (χ2v) is 5.21. The van der Waals surface area contributed by atoms with E-state index in [2.05, 4.69) is 10.6 Å². The van der Waals surface area contributed by atoms with E-state index in [9.17, 15) is 18.4 Å². The molecule has 0 heterocycles. The minimum Gasteiger partial charge on any atom is -0.349 e. The minimum atomic E-state index is -0.708. The predicted molar refractivity (Wildman–Crippen MR) is 74.9 cm³/mol. The maximum atomic E-state index is 13.4. The molecule has 21 heavy (non-hydrogen) atoms. The summed E-state index contributed by atoms with van der Waals surface area (Å²) in [5.74, 6) is -2.01. The van der Waals surface area contributed by atoms with E-state index in [0.29, 0.717) is 4.90 Å². The van der Waals surface area contributed by atoms with E-state index in [1.807, 2.05) is 13.8 Å². The number of nitrogens with one attached hydrogen (secondary N) is 3. The van der Waals surface area contributed by atoms with E-state index >= 15 is 0 Å². The van der Waals surface area contributed by atoms with Gasteiger partial charge in [-0.25, -0.2) is 8.78 Å². The highest BCUT2D eigenvalue weighted by Gasteiger charge is 2.16. The third kappa shape index (κ3) is 6.31. The topological polar surface area (TPSA) is 62.6 Å². The van der Waals surface area contributed by atoms with Crippen molar-refractivity contribution in [2.45, 2.75) is 19.9 Å². The van der Waals surface area contributed by atoms with Crippen molar-refractivity contribution in [1.82, 2.24) is 5.32 Å². The predicted octanol–water partition coefficient (Wildman–Crippen LogP) is -0.0574. The minimum absolute atomic E-state index is 0.0263. The Balaban J connectivity index is 2.49. The van der Waals surface area contributed by atoms with Crippen LogP contribution in [0.2, 0.25) is 0 Å². The quantitative estimate of drug-likeness (QED) is 0.689. The molecule has 0 radical (unpaired) electrons. The second kappa shape index (κ2) is 7.68. The summed E-state index contributed by atoms with van der Waals surface area (Å²) in [5, 5.41) is 5.00. The maximum absolute atomic E-state index is 13.4. The van der Waals surface area contributed by atoms with Crippen molar-refractivity contribution in [3.63, 3.8) is 0 Å². The van der Waals surface area contributed by atoms with Gasteiger partial charge in [-0.15, -0.1) is 0 Å². The van der Waals surface area contributed by atoms with Crippen molar-refractivity contribution < 1.29 is 23.3 Å². The van der Waals surface area contributed by atoms with Crippen LogP contribution >= 0.6 is 0 Å². The Kier molecular flexibility index (Phi) is 6.23. The molecule has 1 unspecified atom stereocenters. The van der Waals surface area contributed by atoms with Crippen molar-refractivity contribution in [2.75, 3.05) is 25.5 Å². The number of quaternary nitrogens is 1. The molecule has 0 spiro atoms. The summed E-state index contributed by atoms with van der Waals surface area (Å²) >= 11 is 0. The number of carbonyl (C=O) groups excluding carboxylic acids is 2. The lowest BCUT2D eigenvalue weighted by Crippen LogP contribution is -3.11. The number of likely N-dealkylation sites (N-methyl/N-ethyl adjacent to an activating group) is 1. The summed E-state index contributed by atoms with van der Waals surface area (Å²) in [4.78, 5) is 23.9. The van der Waals surface area contributed by atoms with Gasteiger partial charge in [0.1, 0.15) is 11.6 Å². The van der Waals surface area contributed by atoms with Gasteiger partial charge < -0.3 is 15.5 Å². The first-order valence-electron chi connectivity index (χ1n) is 6.63. The Morgan fingerprint density at radius 2 is 1.81 bits per heavy atom. The highest BCUT2D eigenvalue weighted by atomic mass is 19.1. The average Bonchev–Trinajstić information content (AvgIpc) is 2.32. The van der Waals surface area contributed by atoms with Crippen LogP contribution in [0.1, 0.15) is 13.8 Å². The third-order valence-electron chi connectivity index (χ3n) is 2.58. The largest absolute Gasteiger partial charge is 0.349 e. The number of amides is 2. The molecule has 1 aromatic carbocycles. The average molecular weight is 300 g/mol. The lowest BCUT2D eigenvalue weighted by molar-refractivity contribution is -0.862. The zero-order valence-electron chi connectivity index (χ0n) is 12.3. The molecular weight excluding hydrogens is 280 g/mol. The Morgan fingerprint density at radius 1 is 1.19 bits per heavy atom. The molecule has 1 rings (SSSR count). The Hall–Kier alpha value is -2.02. The molecule has 3 N–H and O–H groups in total. The Morgan fingerprint density at radius 3 is 2.43 bits per heavy atom. The van der Waals surface area contributed by atoms with Crippen LogP contribution in [0.3, 0.4) is 0 Å². The van der Waals surface area contributed by atoms with Crippen LogP contribution in [0.25, 0.3) is 0 Å². The molecule has 2 amide bonds. The number of carbonyl (C=O) groups is 2. The number of hydrogen-bond donors (Lipinski definition) is 3. The van der Waals surface area contributed by atoms with Crippen LogP contribution in [0.5, 0.6) is 0 Å². The Labute approximate surface area is 122 Å². The molecule has 116 valence electrons. The van der Waals surface area contributed by atoms with Gasteiger partial charge in [-0.3, -0.25) is 9.59 Å². The molecule has 0 aliphatic rings. The van der Waals surface area contributed by atoms with Crippen LogP contribution in [-0.4, -0.2) is 38.0 Å². The monoisotopic (exact) mass is 300 g/mol. The molecule has 0 aliphatic heterocycles. The van der Waals surface area contributed by atoms with E-state index in [0.717, 1.165) is 18.2 Å². The molecule has 1 atom stereocenters. The van der Waals surface area contributed by atoms with Gasteiger partial charge in [-0.2, -0.15) is 0 Å². The maximum Gasteiger partial charge on any atom is 0.279 e. The number of halogens is 2. The molecule has 1 aromatic rings. The molecule has 0 bridgehead atoms. The lowest BCUT2D eigenvalue weighted by Gasteiger charge is -2.15. The van der Waals surface area contributed by atoms with Crippen LogP contribution < -0.4 is 15.5 Å². The summed E-state index contributed by atoms with van der Waals surface area (Å²) in [6.45, 7) is 3.78. The van der Waals surface area contributed by atoms with Crippen LogP contribution in [-0.2, 0) is 9.59 Å². The summed E-state index contributed by atoms with van der Waals surface area (Å²) < 4.78 is 26.3. The van der Waals surface area contributed by atoms with E-state index in [1.54, 1.807) is 7.05 Å². The third-order valence-corrected chi connectivity index (χ3v) is 2.58. The van der Waals surface area contributed by atoms with Gasteiger partial charge in [0.25, 0.3) is 11.8 Å². The fourth-order valence-corrected chi connectivity index (χ4v) is 1.77. The standard InChI is InChI=1S/C14H19F2N3O2/c1-9(2)17-13(20)7-19(3)8-14(21)18-12-6-10(15)4-5-11(12)16/h4-6,9H,7-8H2,1-3H3,(H,17,20)(H,18,21)/p+1. The summed E-state index contributed by atoms with van der Waals surface area (Å²) in [6, 6.07) is 2.85. The van der Waals surface area contributed by atoms with Gasteiger partial charge in [0.05, 0.1) is 12.7 Å². The van der Waals surface area contributed by atoms with Crippen molar-refractivity contribution in [3.05, 3.63) is 29.8 Å². The van der Waals surface area contributed by atoms with Gasteiger partial charge in [0, 0.05) is 12.1 Å². The van der Waals surface area contributed by atoms with Crippen molar-refractivity contribution in [2.24, 2.45) is 0 Å². The first-order chi connectivity index (χ1) is 9.77. The summed E-state index contributed by atoms with van der Waals surface area (Å²) in [6.07, 6.45) is 0. The van der Waals surface area contributed by atoms with Crippen LogP contribution in [0, 0.1) is 11.6 Å². The molecule has 0 aromatic heterocycles. The number of benzene rings is 1. The molecule has 0 saturated carbocycles. The van der Waals surface area contributed by atoms with E-state index < -0.39 is 17.5 Å². The fourth-order valence-electron chi connectivity index (χ4n) is 1.77. The van der Waals surface area contributed by atoms with Crippen molar-refractivity contribution in [3.8, 4) is 0 Å². The van der Waals surface area contributed by atoms with Gasteiger partial charge in [-0.1, -0.05) is 0 Å². The van der Waals surface area contributed by atoms with Gasteiger partial charge >= 0.3 is 0 Å². The SMILES string of the molecule is CC(C)NC(=O)C[NH+](C)CC(=O)Nc1cc(F)ccc1F. The van der Waals surface area contributed by atoms with Gasteiger partial charge in [-0.05, 0) is 26.0 Å². The van der Waals surface area contributed by atoms with Crippen molar-refractivity contribution in [1.29, 1.82) is 0 Å². The molecule has 0 aliphatic carbocycles. The lowest BCUT2D eigenvalue weighted by atomic mass is 10.3. The number of anilines is 1. The molecule has 7 heteroatoms. The second-order valence-electron chi connectivity index (χ2n) is 5.21. The zero-order valence-corrected chi connectivity index (χ0v) is 12.3. The highest BCUT2D eigenvalue weighted by molar-refractivity contribution is 5.91. The summed E-state index contributed by atoms with van der Waals surface area (Å²) in [7, 11) is 1.67. The van der Waals surface area contributed by atoms with E-state index in [4.69, 9.17) is 0 Å². The number of hydrogen-bond acceptors (Lipinski definition) is 2. The van der Waals surface area contributed by atoms with E-state index in [1.165, 1.54) is 0 Å². The fraction of sp³-hybridized carbons (Fsp3) is 0.429. The highest BCUT2D eigenvalue weighted by Crippen LogP contribution is 2.14. The molecular formula is C14H20F2N3O2+. The zero-order chi connectivity index (χ0) is 16.0. The van der Waals surface area contributed by atoms with Gasteiger partial charge in [0.2, 0.25) is 0 Å². The first-order valence-corrected chi connectivity index (χ1v) is 6.63. The van der Waals surface area contributed by atoms with Gasteiger partial charge in [0.15, 0.2) is 13.1 Å². The number of rotatable bonds is 6. The van der Waals surface area contributed by atoms with Crippen LogP contribution in [0.15, 0.2) is 18.2 Å². The Bertz CT molecular complexity index is 521. The normalized spacial score (nSPS) is 12.1. The van der Waals surface area contributed by atoms with Crippen molar-refractivity contribution >= 4 is 17.5 Å². The molecule has 0 saturated heterocycles. The first kappa shape index (κ1) is 17.0. The summed E-state index contributed by atoms with van der Waals surface area (Å²) in [5.41, 5.74) is -0.209. The molecule has 0 fully saturated rings. The van der Waals surface area contributed by atoms with E-state index in [-0.39, 0.29) is 30.7 Å². The van der Waals surface area contributed by atoms with Crippen LogP contribution in [0.4, 0.5) is 14.5 Å². The molecule has 5 nitrogen and oxygen atoms in total. The smallest absolute Gasteiger partial charge is 0.279 e.